The number of aliphatic hydroxyl groups excluding tert-OH is 1. The van der Waals surface area contributed by atoms with Crippen LogP contribution in [0.15, 0.2) is 108 Å². The number of phenolic OH excluding ortho intramolecular Hbond substituents is 1. The molecule has 0 spiro atoms. The quantitative estimate of drug-likeness (QED) is 0.160. The van der Waals surface area contributed by atoms with Gasteiger partial charge in [-0.1, -0.05) is 30.3 Å². The van der Waals surface area contributed by atoms with Crippen molar-refractivity contribution in [2.45, 2.75) is 17.4 Å². The maximum absolute atomic E-state index is 13.0. The average molecular weight is 573 g/mol. The van der Waals surface area contributed by atoms with Crippen LogP contribution in [-0.4, -0.2) is 41.7 Å². The first-order valence-corrected chi connectivity index (χ1v) is 15.0. The molecule has 3 aromatic carbocycles. The van der Waals surface area contributed by atoms with Crippen LogP contribution in [0.2, 0.25) is 0 Å². The van der Waals surface area contributed by atoms with E-state index in [4.69, 9.17) is 0 Å². The van der Waals surface area contributed by atoms with E-state index in [0.29, 0.717) is 18.8 Å². The van der Waals surface area contributed by atoms with Gasteiger partial charge in [0.05, 0.1) is 16.7 Å². The summed E-state index contributed by atoms with van der Waals surface area (Å²) in [6.07, 6.45) is 3.43. The Labute approximate surface area is 237 Å². The topological polar surface area (TPSA) is 124 Å². The number of aliphatic hydroxyl groups is 1. The molecule has 5 rings (SSSR count). The predicted octanol–water partition coefficient (Wildman–Crippen LogP) is 5.24. The summed E-state index contributed by atoms with van der Waals surface area (Å²) in [5.74, 6) is 0.197. The summed E-state index contributed by atoms with van der Waals surface area (Å²) in [6.45, 7) is 1.09. The largest absolute Gasteiger partial charge is 0.508 e. The molecule has 0 radical (unpaired) electrons. The molecule has 4 N–H and O–H groups in total. The van der Waals surface area contributed by atoms with E-state index in [2.05, 4.69) is 20.0 Å². The van der Waals surface area contributed by atoms with Gasteiger partial charge < -0.3 is 15.5 Å². The van der Waals surface area contributed by atoms with Gasteiger partial charge in [-0.3, -0.25) is 9.71 Å². The summed E-state index contributed by atoms with van der Waals surface area (Å²) in [6, 6.07) is 24.3. The Morgan fingerprint density at radius 3 is 2.33 bits per heavy atom. The number of rotatable bonds is 11. The lowest BCUT2D eigenvalue weighted by Crippen LogP contribution is -2.23. The van der Waals surface area contributed by atoms with E-state index in [1.165, 1.54) is 11.3 Å². The highest BCUT2D eigenvalue weighted by Gasteiger charge is 2.15. The molecule has 8 nitrogen and oxygen atoms in total. The normalized spacial score (nSPS) is 12.2. The maximum Gasteiger partial charge on any atom is 0.261 e. The summed E-state index contributed by atoms with van der Waals surface area (Å²) in [7, 11) is -3.76. The van der Waals surface area contributed by atoms with Crippen molar-refractivity contribution in [3.05, 3.63) is 114 Å². The summed E-state index contributed by atoms with van der Waals surface area (Å²) in [4.78, 5) is 8.83. The third-order valence-electron chi connectivity index (χ3n) is 6.28. The second-order valence-corrected chi connectivity index (χ2v) is 11.7. The average Bonchev–Trinajstić information content (AvgIpc) is 3.47. The molecule has 5 aromatic rings. The molecular weight excluding hydrogens is 544 g/mol. The van der Waals surface area contributed by atoms with Crippen molar-refractivity contribution >= 4 is 27.0 Å². The number of aromatic nitrogens is 2. The molecule has 2 heterocycles. The number of anilines is 1. The number of nitrogens with zero attached hydrogens (tertiary/aromatic N) is 2. The minimum atomic E-state index is -3.76. The molecule has 0 bridgehead atoms. The van der Waals surface area contributed by atoms with Crippen LogP contribution in [0, 0.1) is 0 Å². The Kier molecular flexibility index (Phi) is 8.51. The molecule has 0 aliphatic heterocycles. The van der Waals surface area contributed by atoms with Gasteiger partial charge in [0.2, 0.25) is 0 Å². The first kappa shape index (κ1) is 27.5. The van der Waals surface area contributed by atoms with Gasteiger partial charge in [-0.15, -0.1) is 11.3 Å². The Bertz CT molecular complexity index is 1640. The van der Waals surface area contributed by atoms with Crippen LogP contribution in [0.3, 0.4) is 0 Å². The minimum absolute atomic E-state index is 0.159. The Hall–Kier alpha value is -4.09. The predicted molar refractivity (Wildman–Crippen MR) is 158 cm³/mol. The summed E-state index contributed by atoms with van der Waals surface area (Å²) >= 11 is 1.47. The van der Waals surface area contributed by atoms with E-state index in [9.17, 15) is 18.6 Å². The second-order valence-electron chi connectivity index (χ2n) is 9.17. The second kappa shape index (κ2) is 12.4. The molecule has 0 fully saturated rings. The highest BCUT2D eigenvalue weighted by molar-refractivity contribution is 7.92. The smallest absolute Gasteiger partial charge is 0.261 e. The van der Waals surface area contributed by atoms with Crippen molar-refractivity contribution in [3.63, 3.8) is 0 Å². The Balaban J connectivity index is 1.14. The number of benzene rings is 3. The lowest BCUT2D eigenvalue weighted by atomic mass is 10.1. The van der Waals surface area contributed by atoms with Gasteiger partial charge in [0.1, 0.15) is 10.8 Å². The fraction of sp³-hybridized carbons (Fsp3) is 0.133. The molecule has 40 heavy (non-hydrogen) atoms. The molecule has 2 aromatic heterocycles. The number of nitrogens with one attached hydrogen (secondary N) is 2. The number of thiazole rings is 1. The van der Waals surface area contributed by atoms with Crippen molar-refractivity contribution in [2.24, 2.45) is 0 Å². The van der Waals surface area contributed by atoms with Crippen LogP contribution in [0.5, 0.6) is 5.75 Å². The Morgan fingerprint density at radius 1 is 0.900 bits per heavy atom. The lowest BCUT2D eigenvalue weighted by Gasteiger charge is -2.12. The van der Waals surface area contributed by atoms with Crippen LogP contribution in [0.25, 0.3) is 21.8 Å². The van der Waals surface area contributed by atoms with Crippen LogP contribution in [0.1, 0.15) is 17.2 Å². The van der Waals surface area contributed by atoms with E-state index >= 15 is 0 Å². The van der Waals surface area contributed by atoms with E-state index in [-0.39, 0.29) is 10.6 Å². The van der Waals surface area contributed by atoms with Gasteiger partial charge in [-0.05, 0) is 73.1 Å². The van der Waals surface area contributed by atoms with Gasteiger partial charge in [0, 0.05) is 46.7 Å². The van der Waals surface area contributed by atoms with Crippen LogP contribution < -0.4 is 10.0 Å². The number of pyridine rings is 1. The molecule has 0 saturated carbocycles. The van der Waals surface area contributed by atoms with Crippen molar-refractivity contribution in [3.8, 4) is 27.6 Å². The molecule has 0 amide bonds. The zero-order valence-electron chi connectivity index (χ0n) is 21.4. The molecule has 0 aliphatic carbocycles. The van der Waals surface area contributed by atoms with Crippen molar-refractivity contribution in [2.75, 3.05) is 17.8 Å². The molecule has 0 unspecified atom stereocenters. The lowest BCUT2D eigenvalue weighted by molar-refractivity contribution is 0.174. The SMILES string of the molecule is O=S(=O)(Nc1ccc(CCNC[C@H](O)c2cccnc2)cc1)c1ccc(-c2nc(-c3ccc(O)cc3)cs2)cc1. The van der Waals surface area contributed by atoms with E-state index in [0.717, 1.165) is 39.4 Å². The van der Waals surface area contributed by atoms with Gasteiger partial charge >= 0.3 is 0 Å². The number of hydrogen-bond donors (Lipinski definition) is 4. The summed E-state index contributed by atoms with van der Waals surface area (Å²) in [5.41, 5.74) is 4.80. The van der Waals surface area contributed by atoms with Crippen molar-refractivity contribution in [1.29, 1.82) is 0 Å². The zero-order chi connectivity index (χ0) is 28.0. The number of phenols is 1. The van der Waals surface area contributed by atoms with Gasteiger partial charge in [0.25, 0.3) is 10.0 Å². The fourth-order valence-electron chi connectivity index (χ4n) is 4.06. The van der Waals surface area contributed by atoms with E-state index in [1.54, 1.807) is 79.1 Å². The van der Waals surface area contributed by atoms with Gasteiger partial charge in [0.15, 0.2) is 0 Å². The molecule has 0 saturated heterocycles. The molecule has 1 atom stereocenters. The molecule has 204 valence electrons. The van der Waals surface area contributed by atoms with Crippen LogP contribution in [0.4, 0.5) is 5.69 Å². The molecule has 0 aliphatic rings. The fourth-order valence-corrected chi connectivity index (χ4v) is 5.96. The number of aromatic hydroxyl groups is 1. The first-order valence-electron chi connectivity index (χ1n) is 12.6. The Morgan fingerprint density at radius 2 is 1.62 bits per heavy atom. The van der Waals surface area contributed by atoms with Crippen LogP contribution >= 0.6 is 11.3 Å². The van der Waals surface area contributed by atoms with Crippen molar-refractivity contribution < 1.29 is 18.6 Å². The highest BCUT2D eigenvalue weighted by atomic mass is 32.2. The summed E-state index contributed by atoms with van der Waals surface area (Å²) in [5, 5.41) is 25.6. The third-order valence-corrected chi connectivity index (χ3v) is 8.57. The first-order chi connectivity index (χ1) is 19.4. The van der Waals surface area contributed by atoms with Gasteiger partial charge in [-0.2, -0.15) is 0 Å². The summed E-state index contributed by atoms with van der Waals surface area (Å²) < 4.78 is 28.6. The van der Waals surface area contributed by atoms with Gasteiger partial charge in [-0.25, -0.2) is 13.4 Å². The number of hydrogen-bond acceptors (Lipinski definition) is 8. The third kappa shape index (κ3) is 6.91. The van der Waals surface area contributed by atoms with E-state index in [1.807, 2.05) is 23.6 Å². The maximum atomic E-state index is 13.0. The standard InChI is InChI=1S/C30H28N4O4S2/c35-26-11-5-22(6-12-26)28-20-39-30(33-28)23-7-13-27(14-8-23)40(37,38)34-25-9-3-21(4-10-25)15-17-32-19-29(36)24-2-1-16-31-18-24/h1-14,16,18,20,29,32,34-36H,15,17,19H2/t29-/m0/s1. The molecule has 10 heteroatoms. The minimum Gasteiger partial charge on any atom is -0.508 e. The van der Waals surface area contributed by atoms with Crippen molar-refractivity contribution in [1.82, 2.24) is 15.3 Å². The molecular formula is C30H28N4O4S2. The number of sulfonamides is 1. The monoisotopic (exact) mass is 572 g/mol. The highest BCUT2D eigenvalue weighted by Crippen LogP contribution is 2.30. The van der Waals surface area contributed by atoms with E-state index < -0.39 is 16.1 Å². The van der Waals surface area contributed by atoms with Crippen LogP contribution in [-0.2, 0) is 16.4 Å². The zero-order valence-corrected chi connectivity index (χ0v) is 23.1.